The summed E-state index contributed by atoms with van der Waals surface area (Å²) in [6.45, 7) is 12.6. The highest BCUT2D eigenvalue weighted by Crippen LogP contribution is 2.29. The minimum atomic E-state index is -0.978. The van der Waals surface area contributed by atoms with Crippen molar-refractivity contribution >= 4 is 23.7 Å². The van der Waals surface area contributed by atoms with Crippen LogP contribution in [0.3, 0.4) is 0 Å². The molecule has 6 unspecified atom stereocenters. The van der Waals surface area contributed by atoms with Gasteiger partial charge in [-0.25, -0.2) is 0 Å². The van der Waals surface area contributed by atoms with Crippen LogP contribution in [0.5, 0.6) is 0 Å². The molecular weight excluding hydrogens is 413 g/mol. The van der Waals surface area contributed by atoms with E-state index in [2.05, 4.69) is 0 Å². The Balaban J connectivity index is 2.61. The minimum absolute atomic E-state index is 0.327. The molecule has 10 heteroatoms. The molecule has 0 fully saturated rings. The van der Waals surface area contributed by atoms with Crippen LogP contribution in [0.25, 0.3) is 0 Å². The predicted octanol–water partition coefficient (Wildman–Crippen LogP) is 4.20. The van der Waals surface area contributed by atoms with E-state index in [9.17, 15) is 0 Å². The van der Waals surface area contributed by atoms with Gasteiger partial charge in [0.1, 0.15) is 0 Å². The maximum Gasteiger partial charge on any atom is 0.276 e. The van der Waals surface area contributed by atoms with Crippen LogP contribution in [0.4, 0.5) is 0 Å². The van der Waals surface area contributed by atoms with Gasteiger partial charge < -0.3 is 32.7 Å². The van der Waals surface area contributed by atoms with Crippen LogP contribution >= 0.6 is 16.2 Å². The van der Waals surface area contributed by atoms with Gasteiger partial charge in [-0.1, -0.05) is 30.3 Å². The second-order valence-electron chi connectivity index (χ2n) is 6.74. The largest absolute Gasteiger partial charge is 0.341 e. The predicted molar refractivity (Wildman–Crippen MR) is 120 cm³/mol. The number of hydrogen-bond donors (Lipinski definition) is 0. The van der Waals surface area contributed by atoms with Crippen molar-refractivity contribution in [2.24, 2.45) is 0 Å². The molecule has 0 saturated heterocycles. The summed E-state index contributed by atoms with van der Waals surface area (Å²) >= 11 is 0. The van der Waals surface area contributed by atoms with E-state index in [0.29, 0.717) is 6.61 Å². The summed E-state index contributed by atoms with van der Waals surface area (Å²) in [4.78, 5) is 0. The Bertz CT molecular complexity index is 513. The van der Waals surface area contributed by atoms with Crippen molar-refractivity contribution in [3.63, 3.8) is 0 Å². The maximum absolute atomic E-state index is 5.82. The fraction of sp³-hybridized carbons (Fsp3) is 0.684. The maximum atomic E-state index is 5.82. The fourth-order valence-corrected chi connectivity index (χ4v) is 3.70. The number of rotatable bonds is 15. The van der Waals surface area contributed by atoms with Crippen molar-refractivity contribution < 1.29 is 32.7 Å². The third-order valence-electron chi connectivity index (χ3n) is 3.32. The Hall–Kier alpha value is -0.135. The van der Waals surface area contributed by atoms with Crippen molar-refractivity contribution in [1.82, 2.24) is 0 Å². The van der Waals surface area contributed by atoms with Gasteiger partial charge in [0.05, 0.1) is 6.61 Å². The normalized spacial score (nSPS) is 18.2. The molecule has 0 aromatic heterocycles. The zero-order chi connectivity index (χ0) is 21.8. The highest BCUT2D eigenvalue weighted by molar-refractivity contribution is 7.77. The van der Waals surface area contributed by atoms with Crippen LogP contribution in [0.15, 0.2) is 30.3 Å². The number of hydrogen-bond acceptors (Lipinski definition) is 7. The lowest BCUT2D eigenvalue weighted by Crippen LogP contribution is -2.34. The molecule has 0 spiro atoms. The van der Waals surface area contributed by atoms with E-state index >= 15 is 0 Å². The van der Waals surface area contributed by atoms with E-state index in [0.717, 1.165) is 5.56 Å². The summed E-state index contributed by atoms with van der Waals surface area (Å²) in [6.07, 6.45) is -1.98. The topological polar surface area (TPSA) is 64.6 Å². The third-order valence-corrected chi connectivity index (χ3v) is 4.76. The monoisotopic (exact) mass is 448 g/mol. The third kappa shape index (κ3) is 13.7. The van der Waals surface area contributed by atoms with E-state index in [1.807, 2.05) is 71.7 Å². The first-order valence-electron chi connectivity index (χ1n) is 9.61. The first-order valence-corrected chi connectivity index (χ1v) is 13.9. The SMILES string of the molecule is BP(C)OC(C)OC(C)OC(OCc1ccccc1)OC(C)OC(C)OP(C)C. The van der Waals surface area contributed by atoms with Gasteiger partial charge >= 0.3 is 0 Å². The Morgan fingerprint density at radius 3 is 1.76 bits per heavy atom. The summed E-state index contributed by atoms with van der Waals surface area (Å²) in [7, 11) is 0.941. The Kier molecular flexibility index (Phi) is 13.7. The standard InChI is InChI=1S/C19H35BO7P2/c1-14(22-16(3)26-28(5)6)24-19(21-13-18-11-9-8-10-12-18)25-15(2)23-17(4)27-29(7)20/h8-12,14-17,19H,13,20H2,1-7H3. The van der Waals surface area contributed by atoms with Gasteiger partial charge in [-0.3, -0.25) is 0 Å². The zero-order valence-corrected chi connectivity index (χ0v) is 20.5. The molecule has 1 rings (SSSR count). The van der Waals surface area contributed by atoms with Gasteiger partial charge in [0.15, 0.2) is 32.7 Å². The molecule has 0 aliphatic carbocycles. The van der Waals surface area contributed by atoms with Gasteiger partial charge in [-0.05, 0) is 61.3 Å². The van der Waals surface area contributed by atoms with Crippen LogP contribution in [-0.4, -0.2) is 59.2 Å². The molecule has 0 radical (unpaired) electrons. The first kappa shape index (κ1) is 26.9. The highest BCUT2D eigenvalue weighted by Gasteiger charge is 2.22. The van der Waals surface area contributed by atoms with Gasteiger partial charge in [-0.15, -0.1) is 0 Å². The molecule has 7 nitrogen and oxygen atoms in total. The molecule has 1 aromatic carbocycles. The fourth-order valence-electron chi connectivity index (χ4n) is 2.41. The van der Waals surface area contributed by atoms with E-state index < -0.39 is 47.8 Å². The van der Waals surface area contributed by atoms with E-state index in [-0.39, 0.29) is 0 Å². The summed E-state index contributed by atoms with van der Waals surface area (Å²) in [5, 5.41) is 0. The lowest BCUT2D eigenvalue weighted by molar-refractivity contribution is -0.389. The summed E-state index contributed by atoms with van der Waals surface area (Å²) < 4.78 is 40.1. The lowest BCUT2D eigenvalue weighted by Gasteiger charge is -2.28. The molecule has 0 amide bonds. The Morgan fingerprint density at radius 1 is 0.759 bits per heavy atom. The highest BCUT2D eigenvalue weighted by atomic mass is 31.1. The Labute approximate surface area is 178 Å². The van der Waals surface area contributed by atoms with E-state index in [1.54, 1.807) is 13.8 Å². The van der Waals surface area contributed by atoms with Gasteiger partial charge in [-0.2, -0.15) is 0 Å². The molecular formula is C19H35BO7P2. The van der Waals surface area contributed by atoms with Crippen LogP contribution in [0, 0.1) is 0 Å². The summed E-state index contributed by atoms with van der Waals surface area (Å²) in [5.74, 6) is 0. The van der Waals surface area contributed by atoms with Crippen LogP contribution in [-0.2, 0) is 39.3 Å². The average Bonchev–Trinajstić information content (AvgIpc) is 2.58. The lowest BCUT2D eigenvalue weighted by atomic mass is 10.2. The van der Waals surface area contributed by atoms with Crippen LogP contribution in [0.1, 0.15) is 33.3 Å². The smallest absolute Gasteiger partial charge is 0.276 e. The van der Waals surface area contributed by atoms with Crippen LogP contribution in [0.2, 0.25) is 0 Å². The van der Waals surface area contributed by atoms with E-state index in [1.165, 1.54) is 0 Å². The molecule has 0 bridgehead atoms. The molecule has 0 saturated carbocycles. The quantitative estimate of drug-likeness (QED) is 0.226. The first-order chi connectivity index (χ1) is 13.7. The number of benzene rings is 1. The van der Waals surface area contributed by atoms with Crippen molar-refractivity contribution in [3.8, 4) is 0 Å². The molecule has 0 aliphatic rings. The van der Waals surface area contributed by atoms with Crippen molar-refractivity contribution in [2.45, 2.75) is 65.9 Å². The zero-order valence-electron chi connectivity index (χ0n) is 18.7. The van der Waals surface area contributed by atoms with Gasteiger partial charge in [0, 0.05) is 8.15 Å². The van der Waals surface area contributed by atoms with Crippen molar-refractivity contribution in [2.75, 3.05) is 20.0 Å². The van der Waals surface area contributed by atoms with E-state index in [4.69, 9.17) is 32.7 Å². The van der Waals surface area contributed by atoms with Crippen LogP contribution < -0.4 is 0 Å². The molecule has 29 heavy (non-hydrogen) atoms. The van der Waals surface area contributed by atoms with Gasteiger partial charge in [0.2, 0.25) is 0 Å². The molecule has 6 atom stereocenters. The summed E-state index contributed by atoms with van der Waals surface area (Å²) in [6, 6.07) is 9.80. The second kappa shape index (κ2) is 14.8. The second-order valence-corrected chi connectivity index (χ2v) is 10.4. The minimum Gasteiger partial charge on any atom is -0.341 e. The van der Waals surface area contributed by atoms with Gasteiger partial charge in [0.25, 0.3) is 6.48 Å². The molecule has 1 aromatic rings. The molecule has 0 heterocycles. The number of ether oxygens (including phenoxy) is 5. The average molecular weight is 448 g/mol. The molecule has 0 N–H and O–H groups in total. The van der Waals surface area contributed by atoms with Crippen molar-refractivity contribution in [3.05, 3.63) is 35.9 Å². The molecule has 0 aliphatic heterocycles. The molecule has 166 valence electrons. The van der Waals surface area contributed by atoms with Crippen molar-refractivity contribution in [1.29, 1.82) is 0 Å². The summed E-state index contributed by atoms with van der Waals surface area (Å²) in [5.41, 5.74) is 1.01. The Morgan fingerprint density at radius 2 is 1.28 bits per heavy atom.